The number of carboxylic acid groups (broad SMARTS) is 1. The molecule has 0 amide bonds. The summed E-state index contributed by atoms with van der Waals surface area (Å²) in [6, 6.07) is 5.69. The fraction of sp³-hybridized carbons (Fsp3) is 0. The number of carbonyl (C=O) groups excluding carboxylic acids is 1. The molecule has 0 saturated heterocycles. The van der Waals surface area contributed by atoms with Crippen LogP contribution < -0.4 is 5.11 Å². The molecule has 0 aliphatic rings. The van der Waals surface area contributed by atoms with Gasteiger partial charge in [0.15, 0.2) is 0 Å². The van der Waals surface area contributed by atoms with Gasteiger partial charge < -0.3 is 9.90 Å². The van der Waals surface area contributed by atoms with Crippen LogP contribution in [0.1, 0.15) is 10.4 Å². The number of non-ortho nitro benzene ring substituents is 1. The van der Waals surface area contributed by atoms with Gasteiger partial charge in [-0.1, -0.05) is 12.1 Å². The summed E-state index contributed by atoms with van der Waals surface area (Å²) in [5.41, 5.74) is -0.694. The molecule has 0 aliphatic heterocycles. The zero-order chi connectivity index (χ0) is 9.14. The van der Waals surface area contributed by atoms with E-state index in [1.54, 1.807) is 0 Å². The summed E-state index contributed by atoms with van der Waals surface area (Å²) in [6.07, 6.45) is 0. The van der Waals surface area contributed by atoms with Gasteiger partial charge in [0.25, 0.3) is 5.69 Å². The predicted molar refractivity (Wildman–Crippen MR) is 36.3 cm³/mol. The van der Waals surface area contributed by atoms with Gasteiger partial charge in [-0.25, -0.2) is 0 Å². The number of benzene rings is 1. The normalized spacial score (nSPS) is 8.62. The van der Waals surface area contributed by atoms with Gasteiger partial charge in [0.1, 0.15) is 0 Å². The number of hydrogen-bond donors (Lipinski definition) is 0. The third kappa shape index (κ3) is 3.10. The minimum absolute atomic E-state index is 0. The molecular weight excluding hydrogens is 363 g/mol. The van der Waals surface area contributed by atoms with Gasteiger partial charge in [-0.3, -0.25) is 10.1 Å². The third-order valence-electron chi connectivity index (χ3n) is 1.20. The number of carboxylic acids is 1. The van der Waals surface area contributed by atoms with Crippen molar-refractivity contribution < 1.29 is 42.5 Å². The average Bonchev–Trinajstić information content (AvgIpc) is 2.04. The first kappa shape index (κ1) is 12.0. The van der Waals surface area contributed by atoms with Crippen LogP contribution in [0, 0.1) is 16.2 Å². The van der Waals surface area contributed by atoms with Crippen molar-refractivity contribution in [2.24, 2.45) is 0 Å². The van der Waals surface area contributed by atoms with Gasteiger partial charge in [-0.15, -0.1) is 0 Å². The largest absolute Gasteiger partial charge is 1.00 e. The van der Waals surface area contributed by atoms with Crippen LogP contribution in [-0.4, -0.2) is 10.9 Å². The van der Waals surface area contributed by atoms with Gasteiger partial charge in [0.2, 0.25) is 0 Å². The van der Waals surface area contributed by atoms with E-state index in [1.807, 2.05) is 0 Å². The summed E-state index contributed by atoms with van der Waals surface area (Å²) in [6.45, 7) is 0. The summed E-state index contributed by atoms with van der Waals surface area (Å²) >= 11 is 0. The molecule has 1 aromatic rings. The number of aromatic carboxylic acids is 1. The fourth-order valence-corrected chi connectivity index (χ4v) is 0.682. The Morgan fingerprint density at radius 3 is 2.54 bits per heavy atom. The van der Waals surface area contributed by atoms with Crippen LogP contribution in [0.3, 0.4) is 0 Å². The number of carbonyl (C=O) groups is 1. The standard InChI is InChI=1S/C7H4NO4.Hg/c9-7(10)5-2-1-3-6(4-5)8(11)12;/h1-3H,(H,9,10);/q;+1/p-1. The van der Waals surface area contributed by atoms with E-state index in [0.717, 1.165) is 6.07 Å². The molecule has 13 heavy (non-hydrogen) atoms. The van der Waals surface area contributed by atoms with Gasteiger partial charge in [0, 0.05) is 11.6 Å². The molecule has 0 bridgehead atoms. The molecule has 62 valence electrons. The zero-order valence-electron chi connectivity index (χ0n) is 6.52. The summed E-state index contributed by atoms with van der Waals surface area (Å²) < 4.78 is 0. The Hall–Kier alpha value is -0.975. The van der Waals surface area contributed by atoms with Crippen molar-refractivity contribution in [2.45, 2.75) is 0 Å². The van der Waals surface area contributed by atoms with E-state index in [2.05, 4.69) is 6.07 Å². The van der Waals surface area contributed by atoms with Gasteiger partial charge in [-0.2, -0.15) is 0 Å². The van der Waals surface area contributed by atoms with Crippen molar-refractivity contribution in [3.05, 3.63) is 39.9 Å². The van der Waals surface area contributed by atoms with E-state index in [4.69, 9.17) is 0 Å². The molecule has 5 nitrogen and oxygen atoms in total. The summed E-state index contributed by atoms with van der Waals surface area (Å²) in [5.74, 6) is -1.47. The summed E-state index contributed by atoms with van der Waals surface area (Å²) in [7, 11) is 0. The van der Waals surface area contributed by atoms with E-state index in [0.29, 0.717) is 0 Å². The van der Waals surface area contributed by atoms with Crippen molar-refractivity contribution in [2.75, 3.05) is 0 Å². The Labute approximate surface area is 94.0 Å². The first-order valence-electron chi connectivity index (χ1n) is 2.99. The monoisotopic (exact) mass is 367 g/mol. The maximum atomic E-state index is 10.2. The second-order valence-electron chi connectivity index (χ2n) is 1.99. The zero-order valence-corrected chi connectivity index (χ0v) is 12.0. The van der Waals surface area contributed by atoms with Gasteiger partial charge in [0.05, 0.1) is 17.0 Å². The minimum atomic E-state index is -1.47. The Morgan fingerprint density at radius 2 is 2.08 bits per heavy atom. The number of rotatable bonds is 2. The van der Waals surface area contributed by atoms with Crippen LogP contribution in [0.25, 0.3) is 0 Å². The topological polar surface area (TPSA) is 83.3 Å². The number of nitrogens with zero attached hydrogens (tertiary/aromatic N) is 1. The van der Waals surface area contributed by atoms with Crippen LogP contribution >= 0.6 is 0 Å². The quantitative estimate of drug-likeness (QED) is 0.411. The van der Waals surface area contributed by atoms with E-state index in [1.165, 1.54) is 12.1 Å². The van der Waals surface area contributed by atoms with Gasteiger partial charge in [-0.05, 0) is 0 Å². The minimum Gasteiger partial charge on any atom is -0.545 e. The Morgan fingerprint density at radius 1 is 1.46 bits per heavy atom. The molecule has 2 radical (unpaired) electrons. The molecule has 6 heteroatoms. The molecule has 0 aliphatic carbocycles. The SMILES string of the molecule is O=C([O-])c1[c]c([N+](=O)[O-])ccc1.[Hg+]. The Bertz CT molecular complexity index is 310. The second kappa shape index (κ2) is 4.91. The maximum absolute atomic E-state index is 10.2. The molecule has 0 N–H and O–H groups in total. The average molecular weight is 366 g/mol. The van der Waals surface area contributed by atoms with Crippen molar-refractivity contribution >= 4 is 11.7 Å². The molecule has 0 saturated carbocycles. The van der Waals surface area contributed by atoms with Gasteiger partial charge >= 0.3 is 27.7 Å². The number of nitro benzene ring substituents is 1. The molecule has 0 heterocycles. The van der Waals surface area contributed by atoms with Crippen molar-refractivity contribution in [3.63, 3.8) is 0 Å². The second-order valence-corrected chi connectivity index (χ2v) is 1.99. The molecule has 0 atom stereocenters. The van der Waals surface area contributed by atoms with Crippen LogP contribution in [0.15, 0.2) is 18.2 Å². The van der Waals surface area contributed by atoms with E-state index in [9.17, 15) is 20.0 Å². The van der Waals surface area contributed by atoms with Crippen LogP contribution in [0.2, 0.25) is 0 Å². The van der Waals surface area contributed by atoms with Crippen LogP contribution in [0.5, 0.6) is 0 Å². The fourth-order valence-electron chi connectivity index (χ4n) is 0.682. The van der Waals surface area contributed by atoms with E-state index in [-0.39, 0.29) is 38.9 Å². The van der Waals surface area contributed by atoms with Crippen LogP contribution in [0.4, 0.5) is 5.69 Å². The smallest absolute Gasteiger partial charge is 0.545 e. The predicted octanol–water partition coefficient (Wildman–Crippen LogP) is -0.244. The molecule has 0 spiro atoms. The Balaban J connectivity index is 0.00000144. The van der Waals surface area contributed by atoms with E-state index < -0.39 is 10.9 Å². The molecule has 0 unspecified atom stereocenters. The van der Waals surface area contributed by atoms with E-state index >= 15 is 0 Å². The van der Waals surface area contributed by atoms with Crippen molar-refractivity contribution in [1.82, 2.24) is 0 Å². The van der Waals surface area contributed by atoms with Crippen molar-refractivity contribution in [3.8, 4) is 0 Å². The number of hydrogen-bond acceptors (Lipinski definition) is 4. The molecular formula is C7H3HgNO4. The molecule has 0 fully saturated rings. The Kier molecular flexibility index (Phi) is 4.54. The summed E-state index contributed by atoms with van der Waals surface area (Å²) in [5, 5.41) is 20.3. The van der Waals surface area contributed by atoms with Crippen molar-refractivity contribution in [1.29, 1.82) is 0 Å². The first-order valence-corrected chi connectivity index (χ1v) is 2.99. The maximum Gasteiger partial charge on any atom is 1.00 e. The summed E-state index contributed by atoms with van der Waals surface area (Å²) in [4.78, 5) is 19.6. The number of nitro groups is 1. The third-order valence-corrected chi connectivity index (χ3v) is 1.20. The molecule has 1 aromatic carbocycles. The molecule has 0 aromatic heterocycles. The van der Waals surface area contributed by atoms with Crippen LogP contribution in [-0.2, 0) is 27.7 Å². The molecule has 1 rings (SSSR count). The first-order chi connectivity index (χ1) is 5.61.